The molecule has 0 saturated heterocycles. The van der Waals surface area contributed by atoms with E-state index in [2.05, 4.69) is 6.58 Å². The molecule has 0 aliphatic carbocycles. The van der Waals surface area contributed by atoms with Gasteiger partial charge < -0.3 is 5.11 Å². The van der Waals surface area contributed by atoms with Crippen LogP contribution in [-0.2, 0) is 4.79 Å². The molecule has 0 aliphatic heterocycles. The minimum atomic E-state index is -0.749. The van der Waals surface area contributed by atoms with Crippen molar-refractivity contribution in [3.8, 4) is 0 Å². The summed E-state index contributed by atoms with van der Waals surface area (Å²) in [6.45, 7) is 7.61. The smallest absolute Gasteiger partial charge is 0.304 e. The highest BCUT2D eigenvalue weighted by Crippen LogP contribution is 2.28. The average molecular weight is 156 g/mol. The van der Waals surface area contributed by atoms with E-state index in [1.807, 2.05) is 13.8 Å². The molecule has 0 aromatic heterocycles. The van der Waals surface area contributed by atoms with Crippen molar-refractivity contribution in [1.82, 2.24) is 0 Å². The van der Waals surface area contributed by atoms with Gasteiger partial charge in [-0.15, -0.1) is 6.58 Å². The Labute approximate surface area is 67.9 Å². The van der Waals surface area contributed by atoms with Gasteiger partial charge in [0, 0.05) is 0 Å². The number of hydrogen-bond donors (Lipinski definition) is 1. The van der Waals surface area contributed by atoms with Gasteiger partial charge in [-0.05, 0) is 11.8 Å². The Kier molecular flexibility index (Phi) is 3.86. The van der Waals surface area contributed by atoms with Gasteiger partial charge in [-0.1, -0.05) is 26.3 Å². The average Bonchev–Trinajstić information content (AvgIpc) is 1.87. The number of carboxylic acids is 1. The molecule has 0 aliphatic rings. The number of hydrogen-bond acceptors (Lipinski definition) is 1. The molecule has 1 atom stereocenters. The molecule has 0 rings (SSSR count). The summed E-state index contributed by atoms with van der Waals surface area (Å²) in [6, 6.07) is 0. The second kappa shape index (κ2) is 4.16. The van der Waals surface area contributed by atoms with Crippen molar-refractivity contribution in [2.24, 2.45) is 5.41 Å². The lowest BCUT2D eigenvalue weighted by Crippen LogP contribution is -2.17. The molecule has 2 nitrogen and oxygen atoms in total. The highest BCUT2D eigenvalue weighted by atomic mass is 16.4. The molecule has 2 heteroatoms. The van der Waals surface area contributed by atoms with E-state index in [0.29, 0.717) is 0 Å². The van der Waals surface area contributed by atoms with E-state index in [4.69, 9.17) is 5.11 Å². The molecule has 0 heterocycles. The summed E-state index contributed by atoms with van der Waals surface area (Å²) in [6.07, 6.45) is 3.81. The quantitative estimate of drug-likeness (QED) is 0.621. The second-order valence-electron chi connectivity index (χ2n) is 3.18. The molecule has 1 N–H and O–H groups in total. The van der Waals surface area contributed by atoms with Crippen LogP contribution in [0.5, 0.6) is 0 Å². The van der Waals surface area contributed by atoms with Crippen molar-refractivity contribution in [3.63, 3.8) is 0 Å². The van der Waals surface area contributed by atoms with Crippen molar-refractivity contribution in [1.29, 1.82) is 0 Å². The number of aliphatic carboxylic acids is 1. The SMILES string of the molecule is C=CC(C)(CCC)CC(=O)O. The van der Waals surface area contributed by atoms with Gasteiger partial charge in [-0.2, -0.15) is 0 Å². The van der Waals surface area contributed by atoms with Gasteiger partial charge >= 0.3 is 5.97 Å². The van der Waals surface area contributed by atoms with E-state index in [-0.39, 0.29) is 11.8 Å². The Morgan fingerprint density at radius 3 is 2.55 bits per heavy atom. The summed E-state index contributed by atoms with van der Waals surface area (Å²) in [4.78, 5) is 10.4. The Balaban J connectivity index is 4.09. The number of rotatable bonds is 5. The molecule has 0 aromatic carbocycles. The maximum Gasteiger partial charge on any atom is 0.304 e. The summed E-state index contributed by atoms with van der Waals surface area (Å²) < 4.78 is 0. The van der Waals surface area contributed by atoms with E-state index >= 15 is 0 Å². The molecular formula is C9H16O2. The lowest BCUT2D eigenvalue weighted by atomic mass is 9.83. The van der Waals surface area contributed by atoms with Crippen LogP contribution < -0.4 is 0 Å². The van der Waals surface area contributed by atoms with Crippen LogP contribution in [0.25, 0.3) is 0 Å². The fourth-order valence-electron chi connectivity index (χ4n) is 1.18. The molecule has 0 radical (unpaired) electrons. The molecule has 0 amide bonds. The third kappa shape index (κ3) is 3.81. The minimum absolute atomic E-state index is 0.185. The molecular weight excluding hydrogens is 140 g/mol. The van der Waals surface area contributed by atoms with Gasteiger partial charge in [0.25, 0.3) is 0 Å². The lowest BCUT2D eigenvalue weighted by molar-refractivity contribution is -0.138. The van der Waals surface area contributed by atoms with Crippen molar-refractivity contribution in [2.75, 3.05) is 0 Å². The van der Waals surface area contributed by atoms with E-state index < -0.39 is 5.97 Å². The summed E-state index contributed by atoms with van der Waals surface area (Å²) >= 11 is 0. The predicted octanol–water partition coefficient (Wildman–Crippen LogP) is 2.45. The third-order valence-electron chi connectivity index (χ3n) is 1.87. The fraction of sp³-hybridized carbons (Fsp3) is 0.667. The molecule has 0 aromatic rings. The van der Waals surface area contributed by atoms with Crippen LogP contribution in [0, 0.1) is 5.41 Å². The zero-order valence-corrected chi connectivity index (χ0v) is 7.26. The summed E-state index contributed by atoms with van der Waals surface area (Å²) in [5, 5.41) is 8.56. The fourth-order valence-corrected chi connectivity index (χ4v) is 1.18. The Morgan fingerprint density at radius 2 is 2.27 bits per heavy atom. The summed E-state index contributed by atoms with van der Waals surface area (Å²) in [7, 11) is 0. The maximum atomic E-state index is 10.4. The van der Waals surface area contributed by atoms with E-state index in [9.17, 15) is 4.79 Å². The van der Waals surface area contributed by atoms with E-state index in [1.54, 1.807) is 6.08 Å². The monoisotopic (exact) mass is 156 g/mol. The van der Waals surface area contributed by atoms with Crippen molar-refractivity contribution >= 4 is 5.97 Å². The van der Waals surface area contributed by atoms with Crippen LogP contribution in [0.2, 0.25) is 0 Å². The van der Waals surface area contributed by atoms with Gasteiger partial charge in [0.2, 0.25) is 0 Å². The van der Waals surface area contributed by atoms with Crippen LogP contribution in [0.4, 0.5) is 0 Å². The first kappa shape index (κ1) is 10.2. The van der Waals surface area contributed by atoms with Gasteiger partial charge in [0.05, 0.1) is 6.42 Å². The van der Waals surface area contributed by atoms with E-state index in [0.717, 1.165) is 12.8 Å². The number of carboxylic acid groups (broad SMARTS) is 1. The summed E-state index contributed by atoms with van der Waals surface area (Å²) in [5.74, 6) is -0.749. The predicted molar refractivity (Wildman–Crippen MR) is 45.5 cm³/mol. The largest absolute Gasteiger partial charge is 0.481 e. The number of allylic oxidation sites excluding steroid dienone is 1. The molecule has 0 saturated carbocycles. The van der Waals surface area contributed by atoms with Crippen LogP contribution >= 0.6 is 0 Å². The zero-order valence-electron chi connectivity index (χ0n) is 7.26. The van der Waals surface area contributed by atoms with Gasteiger partial charge in [0.15, 0.2) is 0 Å². The maximum absolute atomic E-state index is 10.4. The third-order valence-corrected chi connectivity index (χ3v) is 1.87. The van der Waals surface area contributed by atoms with Crippen LogP contribution in [-0.4, -0.2) is 11.1 Å². The highest BCUT2D eigenvalue weighted by Gasteiger charge is 2.22. The van der Waals surface area contributed by atoms with Gasteiger partial charge in [-0.3, -0.25) is 4.79 Å². The van der Waals surface area contributed by atoms with Crippen LogP contribution in [0.1, 0.15) is 33.1 Å². The molecule has 0 bridgehead atoms. The van der Waals surface area contributed by atoms with Crippen LogP contribution in [0.15, 0.2) is 12.7 Å². The number of carbonyl (C=O) groups is 1. The second-order valence-corrected chi connectivity index (χ2v) is 3.18. The Hall–Kier alpha value is -0.790. The van der Waals surface area contributed by atoms with Crippen LogP contribution in [0.3, 0.4) is 0 Å². The van der Waals surface area contributed by atoms with Gasteiger partial charge in [-0.25, -0.2) is 0 Å². The zero-order chi connectivity index (χ0) is 8.91. The van der Waals surface area contributed by atoms with Crippen molar-refractivity contribution in [2.45, 2.75) is 33.1 Å². The molecule has 11 heavy (non-hydrogen) atoms. The molecule has 0 fully saturated rings. The van der Waals surface area contributed by atoms with E-state index in [1.165, 1.54) is 0 Å². The topological polar surface area (TPSA) is 37.3 Å². The molecule has 1 unspecified atom stereocenters. The first-order valence-electron chi connectivity index (χ1n) is 3.89. The first-order valence-corrected chi connectivity index (χ1v) is 3.89. The first-order chi connectivity index (χ1) is 5.04. The Morgan fingerprint density at radius 1 is 1.73 bits per heavy atom. The molecule has 0 spiro atoms. The molecule has 64 valence electrons. The van der Waals surface area contributed by atoms with Crippen molar-refractivity contribution in [3.05, 3.63) is 12.7 Å². The lowest BCUT2D eigenvalue weighted by Gasteiger charge is -2.22. The standard InChI is InChI=1S/C9H16O2/c1-4-6-9(3,5-2)7-8(10)11/h5H,2,4,6-7H2,1,3H3,(H,10,11). The highest BCUT2D eigenvalue weighted by molar-refractivity contribution is 5.68. The van der Waals surface area contributed by atoms with Crippen molar-refractivity contribution < 1.29 is 9.90 Å². The normalized spacial score (nSPS) is 15.5. The Bertz CT molecular complexity index is 152. The minimum Gasteiger partial charge on any atom is -0.481 e. The van der Waals surface area contributed by atoms with Gasteiger partial charge in [0.1, 0.15) is 0 Å². The summed E-state index contributed by atoms with van der Waals surface area (Å²) in [5.41, 5.74) is -0.222.